The Hall–Kier alpha value is -2.19. The normalized spacial score (nSPS) is 17.0. The average Bonchev–Trinajstić information content (AvgIpc) is 4.06. The molecule has 340 valence electrons. The summed E-state index contributed by atoms with van der Waals surface area (Å²) >= 11 is 5.55. The number of unbranched alkanes of at least 4 members (excludes halogenated alkanes) is 11. The SMILES string of the molecule is CC.CCC.CCCCCCCCCCCCN1C(=O)c2c(C)sc(-c3cc4c(s3)-c3sc(C(C)(C)C)cc3S4(CC(CC)CCCC)c3ccc(CCCC)cc3)c2C1=O. The Morgan fingerprint density at radius 1 is 0.639 bits per heavy atom. The Labute approximate surface area is 387 Å². The van der Waals surface area contributed by atoms with Gasteiger partial charge in [0.2, 0.25) is 0 Å². The second kappa shape index (κ2) is 24.8. The second-order valence-corrected chi connectivity index (χ2v) is 24.8. The van der Waals surface area contributed by atoms with Crippen LogP contribution in [0.25, 0.3) is 19.5 Å². The van der Waals surface area contributed by atoms with Gasteiger partial charge in [0.1, 0.15) is 0 Å². The van der Waals surface area contributed by atoms with Crippen LogP contribution in [0, 0.1) is 12.8 Å². The Balaban J connectivity index is 0.00000157. The molecular formula is C54H83NO2S4. The number of amides is 2. The number of carbonyl (C=O) groups excluding carboxylic acids is 2. The van der Waals surface area contributed by atoms with E-state index in [1.807, 2.05) is 43.4 Å². The van der Waals surface area contributed by atoms with Crippen LogP contribution >= 0.6 is 44.0 Å². The van der Waals surface area contributed by atoms with Gasteiger partial charge < -0.3 is 0 Å². The van der Waals surface area contributed by atoms with Gasteiger partial charge in [0.25, 0.3) is 11.8 Å². The zero-order chi connectivity index (χ0) is 44.7. The summed E-state index contributed by atoms with van der Waals surface area (Å²) < 4.78 is 0. The van der Waals surface area contributed by atoms with Crippen molar-refractivity contribution in [2.45, 2.75) is 219 Å². The van der Waals surface area contributed by atoms with Crippen LogP contribution in [0.5, 0.6) is 0 Å². The fourth-order valence-electron chi connectivity index (χ4n) is 8.74. The zero-order valence-electron chi connectivity index (χ0n) is 40.6. The summed E-state index contributed by atoms with van der Waals surface area (Å²) in [6, 6.07) is 14.9. The number of thiophene rings is 3. The minimum atomic E-state index is -1.57. The number of hydrogen-bond donors (Lipinski definition) is 0. The molecule has 0 radical (unpaired) electrons. The molecule has 7 heteroatoms. The van der Waals surface area contributed by atoms with Crippen LogP contribution in [-0.2, 0) is 11.8 Å². The van der Waals surface area contributed by atoms with E-state index < -0.39 is 10.0 Å². The van der Waals surface area contributed by atoms with Crippen molar-refractivity contribution in [3.8, 4) is 19.5 Å². The molecule has 3 nitrogen and oxygen atoms in total. The van der Waals surface area contributed by atoms with Gasteiger partial charge in [-0.3, -0.25) is 14.5 Å². The maximum Gasteiger partial charge on any atom is 0.263 e. The van der Waals surface area contributed by atoms with Gasteiger partial charge in [-0.25, -0.2) is 0 Å². The van der Waals surface area contributed by atoms with E-state index in [1.54, 1.807) is 21.1 Å². The van der Waals surface area contributed by atoms with E-state index in [-0.39, 0.29) is 17.2 Å². The number of benzene rings is 1. The highest BCUT2D eigenvalue weighted by atomic mass is 32.3. The maximum atomic E-state index is 14.3. The van der Waals surface area contributed by atoms with Crippen molar-refractivity contribution in [3.05, 3.63) is 62.8 Å². The molecule has 1 aromatic carbocycles. The van der Waals surface area contributed by atoms with Gasteiger partial charge in [0, 0.05) is 31.0 Å². The lowest BCUT2D eigenvalue weighted by atomic mass is 9.95. The highest BCUT2D eigenvalue weighted by Crippen LogP contribution is 2.80. The van der Waals surface area contributed by atoms with E-state index in [9.17, 15) is 9.59 Å². The van der Waals surface area contributed by atoms with E-state index in [0.29, 0.717) is 23.6 Å². The molecule has 2 aliphatic rings. The van der Waals surface area contributed by atoms with E-state index >= 15 is 0 Å². The molecule has 2 amide bonds. The minimum Gasteiger partial charge on any atom is -0.274 e. The molecule has 2 aliphatic heterocycles. The molecule has 0 saturated heterocycles. The molecule has 6 rings (SSSR count). The van der Waals surface area contributed by atoms with Crippen LogP contribution in [0.15, 0.2) is 51.1 Å². The van der Waals surface area contributed by atoms with Gasteiger partial charge in [0.15, 0.2) is 0 Å². The lowest BCUT2D eigenvalue weighted by Gasteiger charge is -2.41. The van der Waals surface area contributed by atoms with Crippen molar-refractivity contribution in [2.75, 3.05) is 12.3 Å². The molecule has 4 aromatic rings. The first-order valence-corrected chi connectivity index (χ1v) is 28.8. The molecule has 0 saturated carbocycles. The zero-order valence-corrected chi connectivity index (χ0v) is 43.8. The molecule has 0 N–H and O–H groups in total. The first-order valence-electron chi connectivity index (χ1n) is 24.6. The maximum absolute atomic E-state index is 14.3. The Kier molecular flexibility index (Phi) is 20.9. The quantitative estimate of drug-likeness (QED) is 0.0582. The fraction of sp³-hybridized carbons (Fsp3) is 0.630. The summed E-state index contributed by atoms with van der Waals surface area (Å²) in [5, 5.41) is 0. The van der Waals surface area contributed by atoms with E-state index in [4.69, 9.17) is 0 Å². The average molecular weight is 907 g/mol. The lowest BCUT2D eigenvalue weighted by Crippen LogP contribution is -2.31. The molecule has 0 fully saturated rings. The number of hydrogen-bond acceptors (Lipinski definition) is 5. The van der Waals surface area contributed by atoms with Crippen molar-refractivity contribution in [1.82, 2.24) is 4.90 Å². The second-order valence-electron chi connectivity index (χ2n) is 18.3. The van der Waals surface area contributed by atoms with Crippen molar-refractivity contribution in [3.63, 3.8) is 0 Å². The number of nitrogens with zero attached hydrogens (tertiary/aromatic N) is 1. The first-order chi connectivity index (χ1) is 29.4. The highest BCUT2D eigenvalue weighted by Gasteiger charge is 2.47. The molecule has 0 bridgehead atoms. The van der Waals surface area contributed by atoms with Gasteiger partial charge in [0.05, 0.1) is 25.8 Å². The summed E-state index contributed by atoms with van der Waals surface area (Å²) in [4.78, 5) is 41.8. The van der Waals surface area contributed by atoms with Crippen LogP contribution in [0.1, 0.15) is 221 Å². The number of carbonyl (C=O) groups is 2. The smallest absolute Gasteiger partial charge is 0.263 e. The van der Waals surface area contributed by atoms with E-state index in [2.05, 4.69) is 98.7 Å². The van der Waals surface area contributed by atoms with Crippen molar-refractivity contribution in [1.29, 1.82) is 0 Å². The first kappa shape index (κ1) is 51.4. The Morgan fingerprint density at radius 3 is 1.75 bits per heavy atom. The molecule has 3 aromatic heterocycles. The topological polar surface area (TPSA) is 37.4 Å². The molecular weight excluding hydrogens is 823 g/mol. The van der Waals surface area contributed by atoms with Crippen molar-refractivity contribution in [2.24, 2.45) is 5.92 Å². The Morgan fingerprint density at radius 2 is 1.18 bits per heavy atom. The number of aryl methyl sites for hydroxylation is 2. The summed E-state index contributed by atoms with van der Waals surface area (Å²) in [6.45, 7) is 27.1. The monoisotopic (exact) mass is 906 g/mol. The summed E-state index contributed by atoms with van der Waals surface area (Å²) in [5.74, 6) is 1.65. The third-order valence-electron chi connectivity index (χ3n) is 12.2. The predicted octanol–water partition coefficient (Wildman–Crippen LogP) is 18.9. The Bertz CT molecular complexity index is 1960. The standard InChI is InChI=1S/C49H69NO2S4.C3H8.C2H6/c1-9-13-16-17-18-19-20-21-22-23-30-50-47(51)42-34(5)53-44(43(42)48(50)52)38-31-39-45(54-38)46-40(32-41(55-46)49(6,7)8)56(39,33-35(12-4)24-14-10-2)37-28-26-36(27-29-37)25-15-11-3;1-3-2;1-2/h26-29,31-32,35H,9-25,30,33H2,1-8H3;3H2,1-2H3;1-2H3. The van der Waals surface area contributed by atoms with Crippen molar-refractivity contribution < 1.29 is 9.59 Å². The minimum absolute atomic E-state index is 0.0625. The van der Waals surface area contributed by atoms with Crippen LogP contribution in [0.4, 0.5) is 0 Å². The van der Waals surface area contributed by atoms with E-state index in [0.717, 1.165) is 29.0 Å². The summed E-state index contributed by atoms with van der Waals surface area (Å²) in [7, 11) is -1.57. The lowest BCUT2D eigenvalue weighted by molar-refractivity contribution is 0.0651. The van der Waals surface area contributed by atoms with Crippen LogP contribution in [0.3, 0.4) is 0 Å². The third-order valence-corrected chi connectivity index (χ3v) is 20.8. The molecule has 2 unspecified atom stereocenters. The van der Waals surface area contributed by atoms with Crippen LogP contribution in [0.2, 0.25) is 0 Å². The molecule has 0 aliphatic carbocycles. The fourth-order valence-corrected chi connectivity index (χ4v) is 18.2. The predicted molar refractivity (Wildman–Crippen MR) is 275 cm³/mol. The van der Waals surface area contributed by atoms with Crippen molar-refractivity contribution >= 4 is 55.9 Å². The number of fused-ring (bicyclic) bond motifs is 4. The number of rotatable bonds is 22. The van der Waals surface area contributed by atoms with Gasteiger partial charge >= 0.3 is 0 Å². The molecule has 5 heterocycles. The van der Waals surface area contributed by atoms with Gasteiger partial charge in [-0.2, -0.15) is 10.0 Å². The molecule has 0 spiro atoms. The van der Waals surface area contributed by atoms with Gasteiger partial charge in [-0.15, -0.1) is 34.0 Å². The summed E-state index contributed by atoms with van der Waals surface area (Å²) in [5.41, 5.74) is 2.83. The summed E-state index contributed by atoms with van der Waals surface area (Å²) in [6.07, 6.45) is 22.1. The van der Waals surface area contributed by atoms with Gasteiger partial charge in [-0.1, -0.05) is 178 Å². The van der Waals surface area contributed by atoms with Crippen LogP contribution in [-0.4, -0.2) is 29.0 Å². The van der Waals surface area contributed by atoms with Gasteiger partial charge in [-0.05, 0) is 84.4 Å². The molecule has 61 heavy (non-hydrogen) atoms. The number of imide groups is 1. The third kappa shape index (κ3) is 11.9. The molecule has 2 atom stereocenters. The largest absolute Gasteiger partial charge is 0.274 e. The highest BCUT2D eigenvalue weighted by molar-refractivity contribution is 8.34. The van der Waals surface area contributed by atoms with E-state index in [1.165, 1.54) is 137 Å². The van der Waals surface area contributed by atoms with Crippen LogP contribution < -0.4 is 0 Å².